The van der Waals surface area contributed by atoms with Crippen LogP contribution in [-0.2, 0) is 4.74 Å². The number of aryl methyl sites for hydroxylation is 1. The van der Waals surface area contributed by atoms with Gasteiger partial charge in [-0.15, -0.1) is 0 Å². The van der Waals surface area contributed by atoms with Gasteiger partial charge in [-0.2, -0.15) is 13.2 Å². The van der Waals surface area contributed by atoms with Crippen LogP contribution in [-0.4, -0.2) is 19.3 Å². The van der Waals surface area contributed by atoms with Crippen LogP contribution in [0.15, 0.2) is 18.2 Å². The topological polar surface area (TPSA) is 52.3 Å². The van der Waals surface area contributed by atoms with Crippen molar-refractivity contribution in [2.24, 2.45) is 5.73 Å². The van der Waals surface area contributed by atoms with E-state index in [-0.39, 0.29) is 11.1 Å². The number of ether oxygens (including phenoxy) is 1. The van der Waals surface area contributed by atoms with Crippen molar-refractivity contribution >= 4 is 5.97 Å². The summed E-state index contributed by atoms with van der Waals surface area (Å²) in [5, 5.41) is 0. The molecule has 0 bridgehead atoms. The Kier molecular flexibility index (Phi) is 3.77. The van der Waals surface area contributed by atoms with Gasteiger partial charge in [0, 0.05) is 0 Å². The number of alkyl halides is 3. The summed E-state index contributed by atoms with van der Waals surface area (Å²) in [7, 11) is 1.21. The van der Waals surface area contributed by atoms with E-state index in [0.717, 1.165) is 0 Å². The van der Waals surface area contributed by atoms with Crippen LogP contribution in [0.5, 0.6) is 0 Å². The van der Waals surface area contributed by atoms with E-state index in [0.29, 0.717) is 5.56 Å². The summed E-state index contributed by atoms with van der Waals surface area (Å²) in [6.07, 6.45) is -4.50. The predicted molar refractivity (Wildman–Crippen MR) is 55.5 cm³/mol. The Labute approximate surface area is 96.4 Å². The molecule has 0 fully saturated rings. The van der Waals surface area contributed by atoms with Gasteiger partial charge < -0.3 is 10.5 Å². The van der Waals surface area contributed by atoms with Gasteiger partial charge in [-0.3, -0.25) is 0 Å². The van der Waals surface area contributed by atoms with Crippen molar-refractivity contribution in [3.8, 4) is 0 Å². The van der Waals surface area contributed by atoms with Crippen LogP contribution >= 0.6 is 0 Å². The monoisotopic (exact) mass is 247 g/mol. The van der Waals surface area contributed by atoms with Crippen molar-refractivity contribution < 1.29 is 22.7 Å². The zero-order valence-corrected chi connectivity index (χ0v) is 9.34. The lowest BCUT2D eigenvalue weighted by atomic mass is 10.0. The van der Waals surface area contributed by atoms with Crippen molar-refractivity contribution in [2.45, 2.75) is 19.1 Å². The number of hydrogen-bond donors (Lipinski definition) is 1. The van der Waals surface area contributed by atoms with Crippen LogP contribution in [0, 0.1) is 6.92 Å². The summed E-state index contributed by atoms with van der Waals surface area (Å²) >= 11 is 0. The molecule has 1 aromatic rings. The molecule has 0 aliphatic carbocycles. The maximum atomic E-state index is 12.4. The predicted octanol–water partition coefficient (Wildman–Crippen LogP) is 2.34. The Morgan fingerprint density at radius 2 is 2.00 bits per heavy atom. The van der Waals surface area contributed by atoms with Crippen LogP contribution in [0.4, 0.5) is 13.2 Å². The number of esters is 1. The van der Waals surface area contributed by atoms with Gasteiger partial charge in [0.25, 0.3) is 0 Å². The molecule has 94 valence electrons. The van der Waals surface area contributed by atoms with Crippen molar-refractivity contribution in [3.05, 3.63) is 34.9 Å². The Morgan fingerprint density at radius 1 is 1.41 bits per heavy atom. The first-order valence-corrected chi connectivity index (χ1v) is 4.78. The molecular weight excluding hydrogens is 235 g/mol. The lowest BCUT2D eigenvalue weighted by Gasteiger charge is -2.17. The number of hydrogen-bond acceptors (Lipinski definition) is 3. The Bertz CT molecular complexity index is 429. The van der Waals surface area contributed by atoms with Crippen LogP contribution in [0.2, 0.25) is 0 Å². The summed E-state index contributed by atoms with van der Waals surface area (Å²) in [5.41, 5.74) is 5.60. The van der Waals surface area contributed by atoms with Gasteiger partial charge in [0.1, 0.15) is 6.04 Å². The van der Waals surface area contributed by atoms with E-state index < -0.39 is 18.2 Å². The molecule has 0 spiro atoms. The number of halogens is 3. The lowest BCUT2D eigenvalue weighted by Crippen LogP contribution is -2.28. The standard InChI is InChI=1S/C11H12F3NO2/c1-6-5-7(9(15)11(12,13)14)3-4-8(6)10(16)17-2/h3-5,9H,15H2,1-2H3. The molecule has 0 radical (unpaired) electrons. The number of carbonyl (C=O) groups excluding carboxylic acids is 1. The van der Waals surface area contributed by atoms with E-state index in [1.54, 1.807) is 0 Å². The largest absolute Gasteiger partial charge is 0.465 e. The molecule has 0 aliphatic heterocycles. The number of benzene rings is 1. The zero-order valence-electron chi connectivity index (χ0n) is 9.34. The van der Waals surface area contributed by atoms with Crippen LogP contribution in [0.1, 0.15) is 27.5 Å². The van der Waals surface area contributed by atoms with Gasteiger partial charge in [0.05, 0.1) is 12.7 Å². The zero-order chi connectivity index (χ0) is 13.2. The normalized spacial score (nSPS) is 13.3. The third-order valence-electron chi connectivity index (χ3n) is 2.37. The second-order valence-electron chi connectivity index (χ2n) is 3.59. The molecule has 6 heteroatoms. The first kappa shape index (κ1) is 13.5. The van der Waals surface area contributed by atoms with Crippen LogP contribution in [0.25, 0.3) is 0 Å². The van der Waals surface area contributed by atoms with Crippen LogP contribution in [0.3, 0.4) is 0 Å². The summed E-state index contributed by atoms with van der Waals surface area (Å²) in [6, 6.07) is 1.65. The molecule has 1 aromatic carbocycles. The highest BCUT2D eigenvalue weighted by Crippen LogP contribution is 2.31. The molecule has 0 aliphatic rings. The Morgan fingerprint density at radius 3 is 2.41 bits per heavy atom. The summed E-state index contributed by atoms with van der Waals surface area (Å²) in [5.74, 6) is -0.588. The maximum Gasteiger partial charge on any atom is 0.407 e. The number of methoxy groups -OCH3 is 1. The van der Waals surface area contributed by atoms with E-state index in [9.17, 15) is 18.0 Å². The SMILES string of the molecule is COC(=O)c1ccc(C(N)C(F)(F)F)cc1C. The third-order valence-corrected chi connectivity index (χ3v) is 2.37. The minimum atomic E-state index is -4.50. The quantitative estimate of drug-likeness (QED) is 0.816. The lowest BCUT2D eigenvalue weighted by molar-refractivity contribution is -0.149. The average molecular weight is 247 g/mol. The van der Waals surface area contributed by atoms with E-state index in [1.165, 1.54) is 32.2 Å². The Hall–Kier alpha value is -1.56. The summed E-state index contributed by atoms with van der Waals surface area (Å²) in [6.45, 7) is 1.53. The molecule has 0 amide bonds. The average Bonchev–Trinajstić information content (AvgIpc) is 2.25. The van der Waals surface area contributed by atoms with Gasteiger partial charge in [-0.1, -0.05) is 12.1 Å². The molecule has 0 heterocycles. The van der Waals surface area contributed by atoms with E-state index >= 15 is 0 Å². The van der Waals surface area contributed by atoms with Gasteiger partial charge in [0.2, 0.25) is 0 Å². The van der Waals surface area contributed by atoms with E-state index in [4.69, 9.17) is 5.73 Å². The highest BCUT2D eigenvalue weighted by atomic mass is 19.4. The highest BCUT2D eigenvalue weighted by molar-refractivity contribution is 5.91. The first-order chi connectivity index (χ1) is 7.77. The molecule has 3 nitrogen and oxygen atoms in total. The van der Waals surface area contributed by atoms with Crippen LogP contribution < -0.4 is 5.73 Å². The minimum Gasteiger partial charge on any atom is -0.465 e. The summed E-state index contributed by atoms with van der Waals surface area (Å²) in [4.78, 5) is 11.2. The highest BCUT2D eigenvalue weighted by Gasteiger charge is 2.37. The van der Waals surface area contributed by atoms with Gasteiger partial charge in [-0.05, 0) is 24.1 Å². The molecule has 0 aromatic heterocycles. The molecule has 1 rings (SSSR count). The number of nitrogens with two attached hydrogens (primary N) is 1. The van der Waals surface area contributed by atoms with Gasteiger partial charge >= 0.3 is 12.1 Å². The number of rotatable bonds is 2. The fraction of sp³-hybridized carbons (Fsp3) is 0.364. The smallest absolute Gasteiger partial charge is 0.407 e. The molecule has 2 N–H and O–H groups in total. The van der Waals surface area contributed by atoms with E-state index in [1.807, 2.05) is 0 Å². The van der Waals surface area contributed by atoms with Gasteiger partial charge in [0.15, 0.2) is 0 Å². The molecule has 1 unspecified atom stereocenters. The minimum absolute atomic E-state index is 0.0809. The first-order valence-electron chi connectivity index (χ1n) is 4.78. The third kappa shape index (κ3) is 2.97. The molecule has 0 saturated heterocycles. The van der Waals surface area contributed by atoms with Crippen molar-refractivity contribution in [3.63, 3.8) is 0 Å². The van der Waals surface area contributed by atoms with E-state index in [2.05, 4.69) is 4.74 Å². The Balaban J connectivity index is 3.09. The molecular formula is C11H12F3NO2. The fourth-order valence-electron chi connectivity index (χ4n) is 1.41. The second-order valence-corrected chi connectivity index (χ2v) is 3.59. The van der Waals surface area contributed by atoms with Crippen molar-refractivity contribution in [2.75, 3.05) is 7.11 Å². The molecule has 1 atom stereocenters. The van der Waals surface area contributed by atoms with Crippen molar-refractivity contribution in [1.82, 2.24) is 0 Å². The fourth-order valence-corrected chi connectivity index (χ4v) is 1.41. The summed E-state index contributed by atoms with van der Waals surface area (Å²) < 4.78 is 41.6. The van der Waals surface area contributed by atoms with Gasteiger partial charge in [-0.25, -0.2) is 4.79 Å². The second kappa shape index (κ2) is 4.75. The molecule has 17 heavy (non-hydrogen) atoms. The maximum absolute atomic E-state index is 12.4. The number of carbonyl (C=O) groups is 1. The molecule has 0 saturated carbocycles. The van der Waals surface area contributed by atoms with Crippen molar-refractivity contribution in [1.29, 1.82) is 0 Å².